The SMILES string of the molecule is Cc1cccn2c(=O)c(/C=C3\SC(=S)N(C[C@H]4CCCO4)C3=O)c(NCCCn3ccnc3)nc12. The minimum atomic E-state index is -0.236. The van der Waals surface area contributed by atoms with Crippen LogP contribution in [0.15, 0.2) is 46.8 Å². The molecule has 0 radical (unpaired) electrons. The number of aryl methyl sites for hydroxylation is 2. The number of amides is 1. The van der Waals surface area contributed by atoms with Crippen LogP contribution in [0.1, 0.15) is 30.4 Å². The Morgan fingerprint density at radius 2 is 2.23 bits per heavy atom. The largest absolute Gasteiger partial charge is 0.376 e. The van der Waals surface area contributed by atoms with Crippen LogP contribution in [0.3, 0.4) is 0 Å². The van der Waals surface area contributed by atoms with Gasteiger partial charge in [-0.1, -0.05) is 30.0 Å². The van der Waals surface area contributed by atoms with Crippen LogP contribution in [-0.4, -0.2) is 59.9 Å². The van der Waals surface area contributed by atoms with E-state index in [1.807, 2.05) is 29.8 Å². The van der Waals surface area contributed by atoms with Gasteiger partial charge < -0.3 is 14.6 Å². The molecular weight excluding hydrogens is 484 g/mol. The van der Waals surface area contributed by atoms with E-state index in [4.69, 9.17) is 21.9 Å². The molecule has 182 valence electrons. The molecule has 2 aliphatic rings. The summed E-state index contributed by atoms with van der Waals surface area (Å²) in [6.45, 7) is 4.46. The molecule has 0 aromatic carbocycles. The predicted molar refractivity (Wildman–Crippen MR) is 140 cm³/mol. The molecular formula is C24H26N6O3S2. The number of thiocarbonyl (C=S) groups is 1. The van der Waals surface area contributed by atoms with Gasteiger partial charge in [-0.05, 0) is 43.9 Å². The molecule has 0 bridgehead atoms. The minimum absolute atomic E-state index is 0.000473. The molecule has 1 atom stereocenters. The zero-order valence-electron chi connectivity index (χ0n) is 19.3. The molecule has 0 spiro atoms. The summed E-state index contributed by atoms with van der Waals surface area (Å²) < 4.78 is 9.68. The maximum absolute atomic E-state index is 13.5. The van der Waals surface area contributed by atoms with Crippen molar-refractivity contribution in [3.8, 4) is 0 Å². The fourth-order valence-corrected chi connectivity index (χ4v) is 5.50. The molecule has 0 unspecified atom stereocenters. The summed E-state index contributed by atoms with van der Waals surface area (Å²) in [6.07, 6.45) is 11.5. The fourth-order valence-electron chi connectivity index (χ4n) is 4.24. The van der Waals surface area contributed by atoms with Crippen LogP contribution >= 0.6 is 24.0 Å². The Morgan fingerprint density at radius 1 is 1.34 bits per heavy atom. The number of hydrogen-bond donors (Lipinski definition) is 1. The number of carbonyl (C=O) groups is 1. The second-order valence-corrected chi connectivity index (χ2v) is 10.2. The number of hydrogen-bond acceptors (Lipinski definition) is 8. The van der Waals surface area contributed by atoms with Crippen molar-refractivity contribution in [2.45, 2.75) is 38.8 Å². The van der Waals surface area contributed by atoms with Crippen LogP contribution in [0.5, 0.6) is 0 Å². The van der Waals surface area contributed by atoms with E-state index in [0.717, 1.165) is 31.4 Å². The van der Waals surface area contributed by atoms with Crippen molar-refractivity contribution in [1.82, 2.24) is 23.8 Å². The summed E-state index contributed by atoms with van der Waals surface area (Å²) in [7, 11) is 0. The van der Waals surface area contributed by atoms with Gasteiger partial charge in [-0.25, -0.2) is 9.97 Å². The quantitative estimate of drug-likeness (QED) is 0.281. The van der Waals surface area contributed by atoms with E-state index in [9.17, 15) is 9.59 Å². The first-order valence-electron chi connectivity index (χ1n) is 11.6. The average molecular weight is 511 g/mol. The number of pyridine rings is 1. The van der Waals surface area contributed by atoms with Crippen molar-refractivity contribution in [2.24, 2.45) is 0 Å². The van der Waals surface area contributed by atoms with Gasteiger partial charge in [0.15, 0.2) is 0 Å². The van der Waals surface area contributed by atoms with Crippen molar-refractivity contribution in [3.63, 3.8) is 0 Å². The van der Waals surface area contributed by atoms with Crippen LogP contribution in [-0.2, 0) is 16.1 Å². The lowest BCUT2D eigenvalue weighted by atomic mass is 10.2. The number of fused-ring (bicyclic) bond motifs is 1. The van der Waals surface area contributed by atoms with E-state index in [-0.39, 0.29) is 17.6 Å². The summed E-state index contributed by atoms with van der Waals surface area (Å²) >= 11 is 6.69. The number of imidazole rings is 1. The summed E-state index contributed by atoms with van der Waals surface area (Å²) in [5.74, 6) is 0.259. The number of anilines is 1. The molecule has 11 heteroatoms. The zero-order chi connectivity index (χ0) is 24.4. The highest BCUT2D eigenvalue weighted by molar-refractivity contribution is 8.26. The van der Waals surface area contributed by atoms with Crippen molar-refractivity contribution < 1.29 is 9.53 Å². The first-order chi connectivity index (χ1) is 17.0. The smallest absolute Gasteiger partial charge is 0.267 e. The lowest BCUT2D eigenvalue weighted by Gasteiger charge is -2.18. The van der Waals surface area contributed by atoms with E-state index in [1.165, 1.54) is 16.2 Å². The zero-order valence-corrected chi connectivity index (χ0v) is 21.0. The number of ether oxygens (including phenoxy) is 1. The van der Waals surface area contributed by atoms with Crippen molar-refractivity contribution in [2.75, 3.05) is 25.0 Å². The fraction of sp³-hybridized carbons (Fsp3) is 0.375. The van der Waals surface area contributed by atoms with Gasteiger partial charge in [-0.3, -0.25) is 18.9 Å². The molecule has 1 amide bonds. The van der Waals surface area contributed by atoms with E-state index in [2.05, 4.69) is 10.3 Å². The molecule has 5 heterocycles. The van der Waals surface area contributed by atoms with Gasteiger partial charge in [0.1, 0.15) is 15.8 Å². The maximum atomic E-state index is 13.5. The van der Waals surface area contributed by atoms with Gasteiger partial charge in [0, 0.05) is 38.3 Å². The highest BCUT2D eigenvalue weighted by atomic mass is 32.2. The molecule has 1 N–H and O–H groups in total. The number of carbonyl (C=O) groups excluding carboxylic acids is 1. The third-order valence-corrected chi connectivity index (χ3v) is 7.47. The first-order valence-corrected chi connectivity index (χ1v) is 12.8. The number of nitrogens with zero attached hydrogens (tertiary/aromatic N) is 5. The lowest BCUT2D eigenvalue weighted by molar-refractivity contribution is -0.123. The summed E-state index contributed by atoms with van der Waals surface area (Å²) in [4.78, 5) is 37.5. The highest BCUT2D eigenvalue weighted by Gasteiger charge is 2.35. The Kier molecular flexibility index (Phi) is 6.98. The molecule has 2 fully saturated rings. The maximum Gasteiger partial charge on any atom is 0.267 e. The van der Waals surface area contributed by atoms with E-state index >= 15 is 0 Å². The normalized spacial score (nSPS) is 19.4. The minimum Gasteiger partial charge on any atom is -0.376 e. The summed E-state index contributed by atoms with van der Waals surface area (Å²) in [6, 6.07) is 3.73. The van der Waals surface area contributed by atoms with Crippen LogP contribution in [0.2, 0.25) is 0 Å². The second-order valence-electron chi connectivity index (χ2n) is 8.57. The Bertz CT molecular complexity index is 1350. The number of rotatable bonds is 8. The number of thioether (sulfide) groups is 1. The Hall–Kier alpha value is -3.02. The van der Waals surface area contributed by atoms with Crippen molar-refractivity contribution >= 4 is 51.7 Å². The Balaban J connectivity index is 1.44. The van der Waals surface area contributed by atoms with E-state index < -0.39 is 0 Å². The van der Waals surface area contributed by atoms with Crippen LogP contribution < -0.4 is 10.9 Å². The Labute approximate surface area is 212 Å². The third kappa shape index (κ3) is 5.02. The molecule has 2 saturated heterocycles. The van der Waals surface area contributed by atoms with Crippen LogP contribution in [0.25, 0.3) is 11.7 Å². The van der Waals surface area contributed by atoms with Gasteiger partial charge >= 0.3 is 0 Å². The van der Waals surface area contributed by atoms with Gasteiger partial charge in [-0.15, -0.1) is 0 Å². The van der Waals surface area contributed by atoms with E-state index in [1.54, 1.807) is 29.7 Å². The Morgan fingerprint density at radius 3 is 3.00 bits per heavy atom. The monoisotopic (exact) mass is 510 g/mol. The van der Waals surface area contributed by atoms with E-state index in [0.29, 0.717) is 46.0 Å². The molecule has 3 aromatic rings. The number of aromatic nitrogens is 4. The van der Waals surface area contributed by atoms with Gasteiger partial charge in [-0.2, -0.15) is 0 Å². The molecule has 0 saturated carbocycles. The van der Waals surface area contributed by atoms with Crippen molar-refractivity contribution in [1.29, 1.82) is 0 Å². The van der Waals surface area contributed by atoms with Crippen molar-refractivity contribution in [3.05, 3.63) is 63.4 Å². The van der Waals surface area contributed by atoms with Gasteiger partial charge in [0.2, 0.25) is 0 Å². The van der Waals surface area contributed by atoms with Gasteiger partial charge in [0.25, 0.3) is 11.5 Å². The molecule has 3 aromatic heterocycles. The molecule has 35 heavy (non-hydrogen) atoms. The first kappa shape index (κ1) is 23.7. The molecule has 2 aliphatic heterocycles. The second kappa shape index (κ2) is 10.3. The molecule has 9 nitrogen and oxygen atoms in total. The topological polar surface area (TPSA) is 93.8 Å². The third-order valence-electron chi connectivity index (χ3n) is 6.09. The standard InChI is InChI=1S/C24H26N6O3S2/c1-16-5-2-10-29-21(16)27-20(26-7-4-9-28-11-8-25-15-28)18(22(29)31)13-19-23(32)30(24(34)35-19)14-17-6-3-12-33-17/h2,5,8,10-11,13,15,17,26H,3-4,6-7,9,12,14H2,1H3/b19-13-/t17-/m1/s1. The summed E-state index contributed by atoms with van der Waals surface area (Å²) in [5, 5.41) is 3.32. The molecule has 5 rings (SSSR count). The van der Waals surface area contributed by atoms with Crippen LogP contribution in [0.4, 0.5) is 5.82 Å². The molecule has 0 aliphatic carbocycles. The highest BCUT2D eigenvalue weighted by Crippen LogP contribution is 2.34. The average Bonchev–Trinajstić information content (AvgIpc) is 3.60. The summed E-state index contributed by atoms with van der Waals surface area (Å²) in [5.41, 5.74) is 1.58. The number of nitrogens with one attached hydrogen (secondary N) is 1. The van der Waals surface area contributed by atoms with Crippen LogP contribution in [0, 0.1) is 6.92 Å². The predicted octanol–water partition coefficient (Wildman–Crippen LogP) is 3.08. The van der Waals surface area contributed by atoms with Gasteiger partial charge in [0.05, 0.1) is 29.4 Å². The lowest BCUT2D eigenvalue weighted by Crippen LogP contribution is -2.35.